The number of thioether (sulfide) groups is 1. The minimum atomic E-state index is -0.302. The van der Waals surface area contributed by atoms with Gasteiger partial charge in [-0.2, -0.15) is 0 Å². The summed E-state index contributed by atoms with van der Waals surface area (Å²) in [5, 5.41) is 1.19. The van der Waals surface area contributed by atoms with Crippen LogP contribution in [0.4, 0.5) is 4.39 Å². The molecule has 6 nitrogen and oxygen atoms in total. The second-order valence-electron chi connectivity index (χ2n) is 6.77. The van der Waals surface area contributed by atoms with Gasteiger partial charge in [0.2, 0.25) is 5.91 Å². The van der Waals surface area contributed by atoms with Crippen LogP contribution in [0.5, 0.6) is 0 Å². The zero-order valence-electron chi connectivity index (χ0n) is 15.9. The second kappa shape index (κ2) is 8.62. The van der Waals surface area contributed by atoms with Crippen LogP contribution in [-0.4, -0.2) is 52.2 Å². The molecule has 152 valence electrons. The van der Waals surface area contributed by atoms with Gasteiger partial charge in [0.15, 0.2) is 0 Å². The molecule has 0 saturated carbocycles. The van der Waals surface area contributed by atoms with E-state index in [4.69, 9.17) is 4.74 Å². The summed E-state index contributed by atoms with van der Waals surface area (Å²) in [5.74, 6) is -0.344. The largest absolute Gasteiger partial charge is 0.466 e. The molecule has 1 fully saturated rings. The molecular formula is C20H20FN3O3S2. The summed E-state index contributed by atoms with van der Waals surface area (Å²) < 4.78 is 20.9. The predicted octanol–water partition coefficient (Wildman–Crippen LogP) is 3.88. The average Bonchev–Trinajstić information content (AvgIpc) is 3.13. The summed E-state index contributed by atoms with van der Waals surface area (Å²) >= 11 is 2.78. The molecule has 1 aromatic carbocycles. The molecule has 1 aliphatic heterocycles. The van der Waals surface area contributed by atoms with Crippen molar-refractivity contribution in [2.45, 2.75) is 24.8 Å². The lowest BCUT2D eigenvalue weighted by molar-refractivity contribution is -0.151. The quantitative estimate of drug-likeness (QED) is 0.345. The number of rotatable bonds is 5. The minimum absolute atomic E-state index is 0.0105. The number of ether oxygens (including phenoxy) is 1. The van der Waals surface area contributed by atoms with Crippen LogP contribution < -0.4 is 0 Å². The third-order valence-corrected chi connectivity index (χ3v) is 7.25. The van der Waals surface area contributed by atoms with Gasteiger partial charge in [0.25, 0.3) is 0 Å². The van der Waals surface area contributed by atoms with E-state index in [2.05, 4.69) is 9.97 Å². The smallest absolute Gasteiger partial charge is 0.309 e. The van der Waals surface area contributed by atoms with Crippen LogP contribution in [0.3, 0.4) is 0 Å². The Bertz CT molecular complexity index is 1060. The number of esters is 1. The third-order valence-electron chi connectivity index (χ3n) is 5.00. The zero-order valence-corrected chi connectivity index (χ0v) is 17.5. The van der Waals surface area contributed by atoms with Crippen LogP contribution in [0.2, 0.25) is 0 Å². The van der Waals surface area contributed by atoms with Crippen molar-refractivity contribution in [3.05, 3.63) is 30.3 Å². The van der Waals surface area contributed by atoms with E-state index in [1.54, 1.807) is 17.9 Å². The van der Waals surface area contributed by atoms with Gasteiger partial charge in [-0.3, -0.25) is 9.59 Å². The highest BCUT2D eigenvalue weighted by molar-refractivity contribution is 8.00. The minimum Gasteiger partial charge on any atom is -0.466 e. The van der Waals surface area contributed by atoms with Gasteiger partial charge in [-0.05, 0) is 31.9 Å². The van der Waals surface area contributed by atoms with Crippen molar-refractivity contribution in [3.63, 3.8) is 0 Å². The number of likely N-dealkylation sites (tertiary alicyclic amines) is 1. The Kier molecular flexibility index (Phi) is 5.96. The van der Waals surface area contributed by atoms with Crippen LogP contribution in [-0.2, 0) is 14.3 Å². The van der Waals surface area contributed by atoms with E-state index in [9.17, 15) is 14.0 Å². The Morgan fingerprint density at radius 2 is 2.10 bits per heavy atom. The molecule has 4 rings (SSSR count). The molecule has 29 heavy (non-hydrogen) atoms. The first-order valence-corrected chi connectivity index (χ1v) is 11.3. The van der Waals surface area contributed by atoms with Gasteiger partial charge >= 0.3 is 5.97 Å². The predicted molar refractivity (Wildman–Crippen MR) is 112 cm³/mol. The highest BCUT2D eigenvalue weighted by Crippen LogP contribution is 2.38. The highest BCUT2D eigenvalue weighted by Gasteiger charge is 2.28. The van der Waals surface area contributed by atoms with Crippen molar-refractivity contribution in [2.75, 3.05) is 25.4 Å². The Labute approximate surface area is 175 Å². The number of piperidine rings is 1. The molecule has 3 heterocycles. The summed E-state index contributed by atoms with van der Waals surface area (Å²) in [4.78, 5) is 34.8. The van der Waals surface area contributed by atoms with E-state index in [1.165, 1.54) is 35.5 Å². The van der Waals surface area contributed by atoms with Crippen LogP contribution in [0, 0.1) is 11.7 Å². The number of carbonyl (C=O) groups is 2. The van der Waals surface area contributed by atoms with Crippen LogP contribution in [0.15, 0.2) is 29.6 Å². The van der Waals surface area contributed by atoms with Gasteiger partial charge < -0.3 is 9.64 Å². The number of halogens is 1. The van der Waals surface area contributed by atoms with E-state index in [-0.39, 0.29) is 29.4 Å². The lowest BCUT2D eigenvalue weighted by atomic mass is 9.97. The normalized spacial score (nSPS) is 15.2. The Morgan fingerprint density at radius 1 is 1.31 bits per heavy atom. The number of benzene rings is 1. The number of amides is 1. The van der Waals surface area contributed by atoms with E-state index < -0.39 is 0 Å². The number of fused-ring (bicyclic) bond motifs is 3. The number of aromatic nitrogens is 2. The molecule has 1 saturated heterocycles. The molecule has 1 amide bonds. The molecule has 3 aromatic rings. The molecule has 0 radical (unpaired) electrons. The molecule has 1 aliphatic rings. The van der Waals surface area contributed by atoms with Gasteiger partial charge in [0, 0.05) is 17.8 Å². The van der Waals surface area contributed by atoms with Crippen molar-refractivity contribution in [2.24, 2.45) is 5.92 Å². The van der Waals surface area contributed by atoms with Crippen molar-refractivity contribution >= 4 is 55.3 Å². The first-order valence-electron chi connectivity index (χ1n) is 9.47. The maximum atomic E-state index is 14.2. The molecule has 0 aliphatic carbocycles. The maximum Gasteiger partial charge on any atom is 0.309 e. The van der Waals surface area contributed by atoms with Crippen molar-refractivity contribution in [1.29, 1.82) is 0 Å². The number of thiophene rings is 1. The molecule has 0 N–H and O–H groups in total. The standard InChI is InChI=1S/C20H20FN3O3S2/c1-2-27-20(26)12-6-8-24(9-7-12)15(25)10-28-19-18-17(22-11-23-19)16-13(21)4-3-5-14(16)29-18/h3-5,11-12H,2,6-10H2,1H3. The van der Waals surface area contributed by atoms with Crippen molar-refractivity contribution < 1.29 is 18.7 Å². The summed E-state index contributed by atoms with van der Waals surface area (Å²) in [6.07, 6.45) is 2.67. The van der Waals surface area contributed by atoms with E-state index >= 15 is 0 Å². The first-order chi connectivity index (χ1) is 14.1. The van der Waals surface area contributed by atoms with Gasteiger partial charge in [0.1, 0.15) is 17.2 Å². The number of hydrogen-bond donors (Lipinski definition) is 0. The van der Waals surface area contributed by atoms with Crippen LogP contribution >= 0.6 is 23.1 Å². The summed E-state index contributed by atoms with van der Waals surface area (Å²) in [7, 11) is 0. The third kappa shape index (κ3) is 4.06. The molecule has 0 spiro atoms. The Balaban J connectivity index is 1.43. The van der Waals surface area contributed by atoms with Crippen molar-refractivity contribution in [1.82, 2.24) is 14.9 Å². The zero-order chi connectivity index (χ0) is 20.4. The molecule has 2 aromatic heterocycles. The van der Waals surface area contributed by atoms with E-state index in [0.717, 1.165) is 9.40 Å². The lowest BCUT2D eigenvalue weighted by Gasteiger charge is -2.30. The van der Waals surface area contributed by atoms with Crippen molar-refractivity contribution in [3.8, 4) is 0 Å². The monoisotopic (exact) mass is 433 g/mol. The number of carbonyl (C=O) groups excluding carboxylic acids is 2. The summed E-state index contributed by atoms with van der Waals surface area (Å²) in [6.45, 7) is 3.28. The van der Waals surface area contributed by atoms with Gasteiger partial charge in [-0.15, -0.1) is 11.3 Å². The molecule has 0 bridgehead atoms. The number of hydrogen-bond acceptors (Lipinski definition) is 7. The van der Waals surface area contributed by atoms with Gasteiger partial charge in [-0.25, -0.2) is 14.4 Å². The van der Waals surface area contributed by atoms with Crippen LogP contribution in [0.25, 0.3) is 20.3 Å². The lowest BCUT2D eigenvalue weighted by Crippen LogP contribution is -2.41. The SMILES string of the molecule is CCOC(=O)C1CCN(C(=O)CSc2ncnc3c2sc2cccc(F)c23)CC1. The first kappa shape index (κ1) is 20.0. The highest BCUT2D eigenvalue weighted by atomic mass is 32.2. The fourth-order valence-corrected chi connectivity index (χ4v) is 5.65. The molecule has 0 atom stereocenters. The fraction of sp³-hybridized carbons (Fsp3) is 0.400. The molecular weight excluding hydrogens is 413 g/mol. The number of nitrogens with zero attached hydrogens (tertiary/aromatic N) is 3. The Morgan fingerprint density at radius 3 is 2.86 bits per heavy atom. The average molecular weight is 434 g/mol. The van der Waals surface area contributed by atoms with Crippen LogP contribution in [0.1, 0.15) is 19.8 Å². The van der Waals surface area contributed by atoms with E-state index in [0.29, 0.717) is 48.5 Å². The summed E-state index contributed by atoms with van der Waals surface area (Å²) in [6, 6.07) is 4.96. The maximum absolute atomic E-state index is 14.2. The molecule has 0 unspecified atom stereocenters. The van der Waals surface area contributed by atoms with Gasteiger partial charge in [-0.1, -0.05) is 17.8 Å². The van der Waals surface area contributed by atoms with E-state index in [1.807, 2.05) is 6.07 Å². The summed E-state index contributed by atoms with van der Waals surface area (Å²) in [5.41, 5.74) is 0.586. The topological polar surface area (TPSA) is 72.4 Å². The Hall–Kier alpha value is -2.26. The fourth-order valence-electron chi connectivity index (χ4n) is 3.51. The second-order valence-corrected chi connectivity index (χ2v) is 8.78. The van der Waals surface area contributed by atoms with Gasteiger partial charge in [0.05, 0.1) is 33.9 Å². The molecule has 9 heteroatoms.